The lowest BCUT2D eigenvalue weighted by molar-refractivity contribution is 0.482. The van der Waals surface area contributed by atoms with Crippen LogP contribution in [0.1, 0.15) is 5.56 Å². The minimum atomic E-state index is 0.571. The summed E-state index contributed by atoms with van der Waals surface area (Å²) in [4.78, 5) is 0. The summed E-state index contributed by atoms with van der Waals surface area (Å²) < 4.78 is 5.77. The Morgan fingerprint density at radius 1 is 1.10 bits per heavy atom. The average Bonchev–Trinajstić information content (AvgIpc) is 2.49. The smallest absolute Gasteiger partial charge is 0.171 e. The van der Waals surface area contributed by atoms with Gasteiger partial charge in [0, 0.05) is 12.2 Å². The van der Waals surface area contributed by atoms with E-state index in [4.69, 9.17) is 17.0 Å². The predicted molar refractivity (Wildman–Crippen MR) is 92.1 cm³/mol. The molecule has 0 aromatic heterocycles. The van der Waals surface area contributed by atoms with E-state index >= 15 is 0 Å². The molecule has 2 N–H and O–H groups in total. The average molecular weight is 298 g/mol. The van der Waals surface area contributed by atoms with Gasteiger partial charge in [-0.3, -0.25) is 0 Å². The van der Waals surface area contributed by atoms with Crippen LogP contribution in [0.4, 0.5) is 5.69 Å². The SMILES string of the molecule is C=CCNC(=S)Nc1ccc(Oc2ccc(C)cc2)cc1. The summed E-state index contributed by atoms with van der Waals surface area (Å²) in [6, 6.07) is 15.6. The van der Waals surface area contributed by atoms with Crippen LogP contribution >= 0.6 is 12.2 Å². The number of anilines is 1. The van der Waals surface area contributed by atoms with Crippen molar-refractivity contribution >= 4 is 23.0 Å². The van der Waals surface area contributed by atoms with E-state index in [2.05, 4.69) is 17.2 Å². The van der Waals surface area contributed by atoms with Crippen LogP contribution < -0.4 is 15.4 Å². The third-order valence-corrected chi connectivity index (χ3v) is 3.02. The summed E-state index contributed by atoms with van der Waals surface area (Å²) in [6.45, 7) is 6.32. The molecule has 0 bridgehead atoms. The van der Waals surface area contributed by atoms with Crippen molar-refractivity contribution in [1.82, 2.24) is 5.32 Å². The lowest BCUT2D eigenvalue weighted by atomic mass is 10.2. The number of aryl methyl sites for hydroxylation is 1. The molecule has 0 aliphatic rings. The third-order valence-electron chi connectivity index (χ3n) is 2.78. The molecule has 21 heavy (non-hydrogen) atoms. The normalized spacial score (nSPS) is 9.76. The number of hydrogen-bond donors (Lipinski definition) is 2. The second kappa shape index (κ2) is 7.45. The molecule has 2 aromatic rings. The van der Waals surface area contributed by atoms with Crippen LogP contribution in [0.25, 0.3) is 0 Å². The van der Waals surface area contributed by atoms with Gasteiger partial charge < -0.3 is 15.4 Å². The molecule has 3 nitrogen and oxygen atoms in total. The van der Waals surface area contributed by atoms with E-state index in [9.17, 15) is 0 Å². The van der Waals surface area contributed by atoms with Crippen LogP contribution in [0.3, 0.4) is 0 Å². The van der Waals surface area contributed by atoms with Gasteiger partial charge in [0.25, 0.3) is 0 Å². The highest BCUT2D eigenvalue weighted by molar-refractivity contribution is 7.80. The molecule has 2 rings (SSSR count). The summed E-state index contributed by atoms with van der Waals surface area (Å²) in [5, 5.41) is 6.68. The van der Waals surface area contributed by atoms with Gasteiger partial charge in [-0.1, -0.05) is 23.8 Å². The topological polar surface area (TPSA) is 33.3 Å². The molecule has 0 unspecified atom stereocenters. The first-order valence-electron chi connectivity index (χ1n) is 6.68. The molecule has 0 saturated heterocycles. The number of nitrogens with one attached hydrogen (secondary N) is 2. The lowest BCUT2D eigenvalue weighted by Crippen LogP contribution is -2.28. The summed E-state index contributed by atoms with van der Waals surface area (Å²) in [6.07, 6.45) is 1.76. The Balaban J connectivity index is 1.94. The zero-order valence-corrected chi connectivity index (χ0v) is 12.7. The maximum atomic E-state index is 5.77. The largest absolute Gasteiger partial charge is 0.457 e. The van der Waals surface area contributed by atoms with E-state index in [1.165, 1.54) is 5.56 Å². The van der Waals surface area contributed by atoms with Crippen molar-refractivity contribution in [2.45, 2.75) is 6.92 Å². The molecule has 2 aromatic carbocycles. The monoisotopic (exact) mass is 298 g/mol. The Morgan fingerprint density at radius 2 is 1.67 bits per heavy atom. The maximum Gasteiger partial charge on any atom is 0.171 e. The van der Waals surface area contributed by atoms with E-state index in [0.717, 1.165) is 17.2 Å². The van der Waals surface area contributed by atoms with E-state index in [0.29, 0.717) is 11.7 Å². The first-order valence-corrected chi connectivity index (χ1v) is 7.08. The first kappa shape index (κ1) is 15.1. The van der Waals surface area contributed by atoms with Gasteiger partial charge in [-0.2, -0.15) is 0 Å². The van der Waals surface area contributed by atoms with Gasteiger partial charge in [-0.15, -0.1) is 6.58 Å². The summed E-state index contributed by atoms with van der Waals surface area (Å²) in [5.74, 6) is 1.61. The first-order chi connectivity index (χ1) is 10.2. The van der Waals surface area contributed by atoms with Crippen molar-refractivity contribution in [3.63, 3.8) is 0 Å². The van der Waals surface area contributed by atoms with Crippen LogP contribution in [0.2, 0.25) is 0 Å². The standard InChI is InChI=1S/C17H18N2OS/c1-3-12-18-17(21)19-14-6-10-16(11-7-14)20-15-8-4-13(2)5-9-15/h3-11H,1,12H2,2H3,(H2,18,19,21). The highest BCUT2D eigenvalue weighted by atomic mass is 32.1. The molecule has 0 spiro atoms. The summed E-state index contributed by atoms with van der Waals surface area (Å²) in [5.41, 5.74) is 2.12. The minimum Gasteiger partial charge on any atom is -0.457 e. The van der Waals surface area contributed by atoms with Gasteiger partial charge >= 0.3 is 0 Å². The molecule has 4 heteroatoms. The molecule has 0 fully saturated rings. The highest BCUT2D eigenvalue weighted by Crippen LogP contribution is 2.23. The lowest BCUT2D eigenvalue weighted by Gasteiger charge is -2.10. The van der Waals surface area contributed by atoms with Gasteiger partial charge in [-0.25, -0.2) is 0 Å². The van der Waals surface area contributed by atoms with E-state index in [-0.39, 0.29) is 0 Å². The number of hydrogen-bond acceptors (Lipinski definition) is 2. The van der Waals surface area contributed by atoms with Gasteiger partial charge in [0.1, 0.15) is 11.5 Å². The molecule has 0 atom stereocenters. The Bertz CT molecular complexity index is 606. The molecule has 0 aliphatic heterocycles. The number of ether oxygens (including phenoxy) is 1. The van der Waals surface area contributed by atoms with E-state index < -0.39 is 0 Å². The van der Waals surface area contributed by atoms with Crippen LogP contribution in [0.5, 0.6) is 11.5 Å². The van der Waals surface area contributed by atoms with Crippen molar-refractivity contribution in [2.75, 3.05) is 11.9 Å². The molecular weight excluding hydrogens is 280 g/mol. The molecule has 0 radical (unpaired) electrons. The summed E-state index contributed by atoms with van der Waals surface area (Å²) in [7, 11) is 0. The molecule has 108 valence electrons. The van der Waals surface area contributed by atoms with Crippen LogP contribution in [-0.2, 0) is 0 Å². The zero-order chi connectivity index (χ0) is 15.1. The number of benzene rings is 2. The second-order valence-corrected chi connectivity index (χ2v) is 4.97. The van der Waals surface area contributed by atoms with Crippen molar-refractivity contribution in [1.29, 1.82) is 0 Å². The van der Waals surface area contributed by atoms with Crippen LogP contribution in [0.15, 0.2) is 61.2 Å². The quantitative estimate of drug-likeness (QED) is 0.638. The number of thiocarbonyl (C=S) groups is 1. The Kier molecular flexibility index (Phi) is 5.35. The highest BCUT2D eigenvalue weighted by Gasteiger charge is 1.99. The van der Waals surface area contributed by atoms with Crippen molar-refractivity contribution in [2.24, 2.45) is 0 Å². The predicted octanol–water partition coefficient (Wildman–Crippen LogP) is 4.26. The van der Waals surface area contributed by atoms with Crippen LogP contribution in [-0.4, -0.2) is 11.7 Å². The van der Waals surface area contributed by atoms with E-state index in [1.807, 2.05) is 55.5 Å². The molecular formula is C17H18N2OS. The van der Waals surface area contributed by atoms with Crippen LogP contribution in [0, 0.1) is 6.92 Å². The molecule has 0 saturated carbocycles. The Labute approximate surface area is 130 Å². The Morgan fingerprint density at radius 3 is 2.24 bits per heavy atom. The van der Waals surface area contributed by atoms with Gasteiger partial charge in [-0.05, 0) is 55.5 Å². The fourth-order valence-electron chi connectivity index (χ4n) is 1.69. The third kappa shape index (κ3) is 4.93. The fourth-order valence-corrected chi connectivity index (χ4v) is 1.89. The maximum absolute atomic E-state index is 5.77. The van der Waals surface area contributed by atoms with Crippen molar-refractivity contribution in [3.05, 3.63) is 66.7 Å². The molecule has 0 amide bonds. The second-order valence-electron chi connectivity index (χ2n) is 4.56. The van der Waals surface area contributed by atoms with Gasteiger partial charge in [0.05, 0.1) is 0 Å². The summed E-state index contributed by atoms with van der Waals surface area (Å²) >= 11 is 5.15. The zero-order valence-electron chi connectivity index (χ0n) is 11.9. The van der Waals surface area contributed by atoms with E-state index in [1.54, 1.807) is 6.08 Å². The van der Waals surface area contributed by atoms with Gasteiger partial charge in [0.15, 0.2) is 5.11 Å². The Hall–Kier alpha value is -2.33. The van der Waals surface area contributed by atoms with Crippen molar-refractivity contribution in [3.8, 4) is 11.5 Å². The minimum absolute atomic E-state index is 0.571. The van der Waals surface area contributed by atoms with Gasteiger partial charge in [0.2, 0.25) is 0 Å². The fraction of sp³-hybridized carbons (Fsp3) is 0.118. The molecule has 0 aliphatic carbocycles. The molecule has 0 heterocycles. The number of rotatable bonds is 5. The van der Waals surface area contributed by atoms with Crippen molar-refractivity contribution < 1.29 is 4.74 Å².